The highest BCUT2D eigenvalue weighted by Crippen LogP contribution is 1.97. The molecule has 16 heavy (non-hydrogen) atoms. The van der Waals surface area contributed by atoms with Crippen molar-refractivity contribution in [3.8, 4) is 0 Å². The maximum Gasteiger partial charge on any atom is 0.234 e. The van der Waals surface area contributed by atoms with Gasteiger partial charge in [0.1, 0.15) is 0 Å². The predicted molar refractivity (Wildman–Crippen MR) is 61.6 cm³/mol. The predicted octanol–water partition coefficient (Wildman–Crippen LogP) is 0.481. The molecular weight excluding hydrogens is 204 g/mol. The highest BCUT2D eigenvalue weighted by Gasteiger charge is 2.12. The largest absolute Gasteiger partial charge is 0.350 e. The molecule has 1 aromatic heterocycles. The summed E-state index contributed by atoms with van der Waals surface area (Å²) in [5.41, 5.74) is 0.636. The Balaban J connectivity index is 2.24. The van der Waals surface area contributed by atoms with Crippen LogP contribution in [0.25, 0.3) is 0 Å². The first-order valence-corrected chi connectivity index (χ1v) is 5.24. The van der Waals surface area contributed by atoms with Gasteiger partial charge in [-0.15, -0.1) is 0 Å². The first-order valence-electron chi connectivity index (χ1n) is 5.24. The second-order valence-corrected chi connectivity index (χ2v) is 4.60. The average molecular weight is 222 g/mol. The Morgan fingerprint density at radius 2 is 2.12 bits per heavy atom. The van der Waals surface area contributed by atoms with Crippen LogP contribution in [0.2, 0.25) is 0 Å². The SMILES string of the molecule is CC(C)(C)NC(=O)CNCc1cnccn1. The Morgan fingerprint density at radius 1 is 1.38 bits per heavy atom. The third kappa shape index (κ3) is 5.41. The van der Waals surface area contributed by atoms with Gasteiger partial charge >= 0.3 is 0 Å². The van der Waals surface area contributed by atoms with E-state index >= 15 is 0 Å². The van der Waals surface area contributed by atoms with Gasteiger partial charge in [-0.2, -0.15) is 0 Å². The molecule has 0 aliphatic rings. The third-order valence-corrected chi connectivity index (χ3v) is 1.72. The molecule has 1 heterocycles. The van der Waals surface area contributed by atoms with Gasteiger partial charge in [0.15, 0.2) is 0 Å². The van der Waals surface area contributed by atoms with Gasteiger partial charge in [-0.25, -0.2) is 0 Å². The van der Waals surface area contributed by atoms with E-state index in [-0.39, 0.29) is 18.0 Å². The topological polar surface area (TPSA) is 66.9 Å². The van der Waals surface area contributed by atoms with Crippen molar-refractivity contribution in [1.82, 2.24) is 20.6 Å². The Labute approximate surface area is 95.7 Å². The number of hydrogen-bond acceptors (Lipinski definition) is 4. The molecule has 0 spiro atoms. The second kappa shape index (κ2) is 5.55. The molecule has 0 saturated heterocycles. The van der Waals surface area contributed by atoms with Crippen molar-refractivity contribution < 1.29 is 4.79 Å². The van der Waals surface area contributed by atoms with Gasteiger partial charge < -0.3 is 10.6 Å². The van der Waals surface area contributed by atoms with E-state index in [4.69, 9.17) is 0 Å². The van der Waals surface area contributed by atoms with Crippen LogP contribution < -0.4 is 10.6 Å². The molecule has 1 amide bonds. The zero-order valence-electron chi connectivity index (χ0n) is 9.95. The first-order chi connectivity index (χ1) is 7.47. The fourth-order valence-corrected chi connectivity index (χ4v) is 1.19. The first kappa shape index (κ1) is 12.6. The van der Waals surface area contributed by atoms with Crippen molar-refractivity contribution in [3.05, 3.63) is 24.3 Å². The number of rotatable bonds is 4. The summed E-state index contributed by atoms with van der Waals surface area (Å²) in [5, 5.41) is 5.88. The summed E-state index contributed by atoms with van der Waals surface area (Å²) in [6.45, 7) is 6.69. The minimum absolute atomic E-state index is 0.0172. The average Bonchev–Trinajstić information content (AvgIpc) is 2.16. The van der Waals surface area contributed by atoms with Crippen LogP contribution in [0.4, 0.5) is 0 Å². The summed E-state index contributed by atoms with van der Waals surface area (Å²) in [7, 11) is 0. The third-order valence-electron chi connectivity index (χ3n) is 1.72. The molecule has 2 N–H and O–H groups in total. The maximum absolute atomic E-state index is 11.4. The second-order valence-electron chi connectivity index (χ2n) is 4.60. The Kier molecular flexibility index (Phi) is 4.37. The normalized spacial score (nSPS) is 11.2. The summed E-state index contributed by atoms with van der Waals surface area (Å²) in [5.74, 6) is -0.0172. The van der Waals surface area contributed by atoms with Crippen LogP contribution in [-0.2, 0) is 11.3 Å². The molecule has 1 aromatic rings. The van der Waals surface area contributed by atoms with Crippen LogP contribution in [0, 0.1) is 0 Å². The lowest BCUT2D eigenvalue weighted by atomic mass is 10.1. The number of amides is 1. The van der Waals surface area contributed by atoms with Gasteiger partial charge in [0.05, 0.1) is 12.2 Å². The van der Waals surface area contributed by atoms with Crippen molar-refractivity contribution in [2.24, 2.45) is 0 Å². The molecule has 5 nitrogen and oxygen atoms in total. The van der Waals surface area contributed by atoms with Gasteiger partial charge in [0.25, 0.3) is 0 Å². The van der Waals surface area contributed by atoms with Crippen molar-refractivity contribution in [1.29, 1.82) is 0 Å². The van der Waals surface area contributed by atoms with Crippen molar-refractivity contribution >= 4 is 5.91 Å². The van der Waals surface area contributed by atoms with E-state index in [2.05, 4.69) is 20.6 Å². The Morgan fingerprint density at radius 3 is 2.69 bits per heavy atom. The highest BCUT2D eigenvalue weighted by molar-refractivity contribution is 5.78. The molecule has 0 saturated carbocycles. The number of nitrogens with zero attached hydrogens (tertiary/aromatic N) is 2. The minimum atomic E-state index is -0.189. The molecule has 0 aliphatic carbocycles. The number of aromatic nitrogens is 2. The summed E-state index contributed by atoms with van der Waals surface area (Å²) >= 11 is 0. The number of carbonyl (C=O) groups excluding carboxylic acids is 1. The number of hydrogen-bond donors (Lipinski definition) is 2. The zero-order chi connectivity index (χ0) is 12.0. The smallest absolute Gasteiger partial charge is 0.234 e. The molecular formula is C11H18N4O. The van der Waals surface area contributed by atoms with Gasteiger partial charge in [0.2, 0.25) is 5.91 Å². The molecule has 0 radical (unpaired) electrons. The van der Waals surface area contributed by atoms with Crippen LogP contribution >= 0.6 is 0 Å². The van der Waals surface area contributed by atoms with Crippen LogP contribution in [0.1, 0.15) is 26.5 Å². The number of carbonyl (C=O) groups is 1. The Hall–Kier alpha value is -1.49. The summed E-state index contributed by atoms with van der Waals surface area (Å²) in [4.78, 5) is 19.5. The molecule has 0 aliphatic heterocycles. The van der Waals surface area contributed by atoms with Crippen LogP contribution in [-0.4, -0.2) is 28.0 Å². The van der Waals surface area contributed by atoms with E-state index < -0.39 is 0 Å². The highest BCUT2D eigenvalue weighted by atomic mass is 16.2. The van der Waals surface area contributed by atoms with Gasteiger partial charge in [0, 0.05) is 30.7 Å². The monoisotopic (exact) mass is 222 g/mol. The van der Waals surface area contributed by atoms with E-state index in [0.29, 0.717) is 6.54 Å². The standard InChI is InChI=1S/C11H18N4O/c1-11(2,3)15-10(16)8-13-7-9-6-12-4-5-14-9/h4-6,13H,7-8H2,1-3H3,(H,15,16). The summed E-state index contributed by atoms with van der Waals surface area (Å²) in [6, 6.07) is 0. The summed E-state index contributed by atoms with van der Waals surface area (Å²) in [6.07, 6.45) is 4.93. The molecule has 0 unspecified atom stereocenters. The van der Waals surface area contributed by atoms with E-state index in [0.717, 1.165) is 5.69 Å². The summed E-state index contributed by atoms with van der Waals surface area (Å²) < 4.78 is 0. The van der Waals surface area contributed by atoms with E-state index in [1.54, 1.807) is 18.6 Å². The van der Waals surface area contributed by atoms with Crippen LogP contribution in [0.3, 0.4) is 0 Å². The molecule has 1 rings (SSSR count). The van der Waals surface area contributed by atoms with Crippen molar-refractivity contribution in [2.45, 2.75) is 32.9 Å². The van der Waals surface area contributed by atoms with Crippen molar-refractivity contribution in [2.75, 3.05) is 6.54 Å². The van der Waals surface area contributed by atoms with E-state index in [9.17, 15) is 4.79 Å². The number of nitrogens with one attached hydrogen (secondary N) is 2. The zero-order valence-corrected chi connectivity index (χ0v) is 9.95. The van der Waals surface area contributed by atoms with E-state index in [1.165, 1.54) is 0 Å². The van der Waals surface area contributed by atoms with E-state index in [1.807, 2.05) is 20.8 Å². The quantitative estimate of drug-likeness (QED) is 0.777. The molecule has 88 valence electrons. The van der Waals surface area contributed by atoms with Crippen LogP contribution in [0.15, 0.2) is 18.6 Å². The minimum Gasteiger partial charge on any atom is -0.350 e. The van der Waals surface area contributed by atoms with Gasteiger partial charge in [-0.3, -0.25) is 14.8 Å². The molecule has 0 fully saturated rings. The lowest BCUT2D eigenvalue weighted by molar-refractivity contribution is -0.121. The van der Waals surface area contributed by atoms with Gasteiger partial charge in [-0.1, -0.05) is 0 Å². The lowest BCUT2D eigenvalue weighted by Gasteiger charge is -2.20. The fourth-order valence-electron chi connectivity index (χ4n) is 1.19. The molecule has 0 atom stereocenters. The maximum atomic E-state index is 11.4. The van der Waals surface area contributed by atoms with Gasteiger partial charge in [-0.05, 0) is 20.8 Å². The van der Waals surface area contributed by atoms with Crippen LogP contribution in [0.5, 0.6) is 0 Å². The Bertz CT molecular complexity index is 332. The lowest BCUT2D eigenvalue weighted by Crippen LogP contribution is -2.44. The molecule has 0 aromatic carbocycles. The fraction of sp³-hybridized carbons (Fsp3) is 0.545. The molecule has 0 bridgehead atoms. The molecule has 5 heteroatoms. The van der Waals surface area contributed by atoms with Crippen molar-refractivity contribution in [3.63, 3.8) is 0 Å².